The van der Waals surface area contributed by atoms with Crippen molar-refractivity contribution in [3.63, 3.8) is 0 Å². The number of rotatable bonds is 4. The van der Waals surface area contributed by atoms with Crippen LogP contribution in [-0.4, -0.2) is 60.9 Å². The van der Waals surface area contributed by atoms with Gasteiger partial charge in [0.15, 0.2) is 0 Å². The normalized spacial score (nSPS) is 21.6. The minimum absolute atomic E-state index is 0.0827. The van der Waals surface area contributed by atoms with Gasteiger partial charge in [-0.2, -0.15) is 0 Å². The van der Waals surface area contributed by atoms with E-state index in [0.717, 1.165) is 25.1 Å². The molecule has 2 aliphatic heterocycles. The Kier molecular flexibility index (Phi) is 5.87. The van der Waals surface area contributed by atoms with Crippen molar-refractivity contribution in [2.45, 2.75) is 31.7 Å². The molecule has 1 atom stereocenters. The summed E-state index contributed by atoms with van der Waals surface area (Å²) in [6, 6.07) is 7.79. The summed E-state index contributed by atoms with van der Waals surface area (Å²) in [5, 5.41) is 2.60. The van der Waals surface area contributed by atoms with Gasteiger partial charge in [0.05, 0.1) is 0 Å². The maximum Gasteiger partial charge on any atom is 0.251 e. The van der Waals surface area contributed by atoms with Gasteiger partial charge in [0.2, 0.25) is 5.91 Å². The van der Waals surface area contributed by atoms with Gasteiger partial charge in [-0.1, -0.05) is 12.1 Å². The lowest BCUT2D eigenvalue weighted by molar-refractivity contribution is -0.127. The van der Waals surface area contributed by atoms with E-state index in [1.165, 1.54) is 32.4 Å². The fourth-order valence-corrected chi connectivity index (χ4v) is 3.72. The molecule has 2 fully saturated rings. The second-order valence-electron chi connectivity index (χ2n) is 6.86. The van der Waals surface area contributed by atoms with Gasteiger partial charge in [0.1, 0.15) is 0 Å². The molecule has 5 heteroatoms. The first-order valence-corrected chi connectivity index (χ1v) is 9.20. The lowest BCUT2D eigenvalue weighted by Gasteiger charge is -2.37. The molecule has 2 saturated heterocycles. The lowest BCUT2D eigenvalue weighted by atomic mass is 10.0. The molecule has 1 aromatic carbocycles. The Morgan fingerprint density at radius 2 is 1.80 bits per heavy atom. The zero-order valence-corrected chi connectivity index (χ0v) is 14.9. The number of carbonyl (C=O) groups excluding carboxylic acids is 2. The van der Waals surface area contributed by atoms with Gasteiger partial charge in [0, 0.05) is 37.8 Å². The average Bonchev–Trinajstić information content (AvgIpc) is 3.21. The maximum absolute atomic E-state index is 12.5. The molecule has 25 heavy (non-hydrogen) atoms. The number of nitrogens with zero attached hydrogens (tertiary/aromatic N) is 2. The van der Waals surface area contributed by atoms with Gasteiger partial charge in [0.25, 0.3) is 5.91 Å². The molecule has 5 nitrogen and oxygen atoms in total. The van der Waals surface area contributed by atoms with Crippen LogP contribution in [0.3, 0.4) is 0 Å². The van der Waals surface area contributed by atoms with E-state index in [2.05, 4.69) is 10.2 Å². The summed E-state index contributed by atoms with van der Waals surface area (Å²) >= 11 is 0. The summed E-state index contributed by atoms with van der Waals surface area (Å²) in [5.41, 5.74) is 1.55. The summed E-state index contributed by atoms with van der Waals surface area (Å²) in [5.74, 6) is -0.0212. The summed E-state index contributed by atoms with van der Waals surface area (Å²) in [7, 11) is 1.61. The van der Waals surface area contributed by atoms with E-state index in [4.69, 9.17) is 0 Å². The number of hydrogen-bond donors (Lipinski definition) is 1. The van der Waals surface area contributed by atoms with E-state index in [9.17, 15) is 9.59 Å². The largest absolute Gasteiger partial charge is 0.355 e. The van der Waals surface area contributed by atoms with E-state index < -0.39 is 0 Å². The molecule has 0 aromatic heterocycles. The Morgan fingerprint density at radius 1 is 1.08 bits per heavy atom. The molecule has 1 aromatic rings. The van der Waals surface area contributed by atoms with Crippen molar-refractivity contribution < 1.29 is 9.59 Å². The van der Waals surface area contributed by atoms with Crippen LogP contribution in [0.5, 0.6) is 0 Å². The average molecular weight is 341 g/mol. The SMILES string of the molecule is CNC(=O)c1ccc(/C=C\C(=O)N2CCC[C@H](N3CCCC3)C2)cc1. The molecule has 0 aliphatic carbocycles. The molecular formula is C20H27N3O2. The van der Waals surface area contributed by atoms with Crippen LogP contribution in [-0.2, 0) is 4.79 Å². The first-order valence-electron chi connectivity index (χ1n) is 9.20. The predicted octanol–water partition coefficient (Wildman–Crippen LogP) is 2.15. The highest BCUT2D eigenvalue weighted by atomic mass is 16.2. The highest BCUT2D eigenvalue weighted by Crippen LogP contribution is 2.20. The Balaban J connectivity index is 1.57. The Bertz CT molecular complexity index is 633. The number of nitrogens with one attached hydrogen (secondary N) is 1. The fourth-order valence-electron chi connectivity index (χ4n) is 3.72. The maximum atomic E-state index is 12.5. The summed E-state index contributed by atoms with van der Waals surface area (Å²) in [6.45, 7) is 4.06. The van der Waals surface area contributed by atoms with Crippen molar-refractivity contribution >= 4 is 17.9 Å². The summed E-state index contributed by atoms with van der Waals surface area (Å²) in [6.07, 6.45) is 8.35. The van der Waals surface area contributed by atoms with Crippen molar-refractivity contribution in [3.05, 3.63) is 41.5 Å². The number of benzene rings is 1. The standard InChI is InChI=1S/C20H27N3O2/c1-21-20(25)17-9-6-16(7-10-17)8-11-19(24)23-14-4-5-18(15-23)22-12-2-3-13-22/h6-11,18H,2-5,12-15H2,1H3,(H,21,25)/b11-8-/t18-/m0/s1. The van der Waals surface area contributed by atoms with Crippen LogP contribution in [0.15, 0.2) is 30.3 Å². The van der Waals surface area contributed by atoms with Crippen LogP contribution < -0.4 is 5.32 Å². The molecule has 2 aliphatic rings. The quantitative estimate of drug-likeness (QED) is 0.854. The van der Waals surface area contributed by atoms with Gasteiger partial charge in [-0.15, -0.1) is 0 Å². The molecule has 1 N–H and O–H groups in total. The zero-order valence-electron chi connectivity index (χ0n) is 14.9. The van der Waals surface area contributed by atoms with Gasteiger partial charge in [-0.3, -0.25) is 14.5 Å². The van der Waals surface area contributed by atoms with Crippen molar-refractivity contribution in [2.24, 2.45) is 0 Å². The van der Waals surface area contributed by atoms with Crippen LogP contribution in [0.4, 0.5) is 0 Å². The number of likely N-dealkylation sites (tertiary alicyclic amines) is 2. The number of carbonyl (C=O) groups is 2. The molecule has 134 valence electrons. The smallest absolute Gasteiger partial charge is 0.251 e. The zero-order chi connectivity index (χ0) is 17.6. The minimum atomic E-state index is -0.104. The van der Waals surface area contributed by atoms with Crippen molar-refractivity contribution in [3.8, 4) is 0 Å². The Labute approximate surface area is 149 Å². The molecule has 0 bridgehead atoms. The summed E-state index contributed by atoms with van der Waals surface area (Å²) < 4.78 is 0. The molecule has 0 radical (unpaired) electrons. The van der Waals surface area contributed by atoms with Crippen LogP contribution >= 0.6 is 0 Å². The molecular weight excluding hydrogens is 314 g/mol. The molecule has 0 spiro atoms. The van der Waals surface area contributed by atoms with Crippen LogP contribution in [0.2, 0.25) is 0 Å². The second-order valence-corrected chi connectivity index (χ2v) is 6.86. The van der Waals surface area contributed by atoms with E-state index in [-0.39, 0.29) is 11.8 Å². The molecule has 0 unspecified atom stereocenters. The lowest BCUT2D eigenvalue weighted by Crippen LogP contribution is -2.48. The third-order valence-electron chi connectivity index (χ3n) is 5.18. The third-order valence-corrected chi connectivity index (χ3v) is 5.18. The molecule has 0 saturated carbocycles. The molecule has 2 heterocycles. The van der Waals surface area contributed by atoms with Crippen molar-refractivity contribution in [1.29, 1.82) is 0 Å². The van der Waals surface area contributed by atoms with Gasteiger partial charge in [-0.25, -0.2) is 0 Å². The number of hydrogen-bond acceptors (Lipinski definition) is 3. The highest BCUT2D eigenvalue weighted by molar-refractivity contribution is 5.94. The van der Waals surface area contributed by atoms with E-state index in [1.54, 1.807) is 25.3 Å². The van der Waals surface area contributed by atoms with Gasteiger partial charge >= 0.3 is 0 Å². The van der Waals surface area contributed by atoms with Crippen molar-refractivity contribution in [1.82, 2.24) is 15.1 Å². The van der Waals surface area contributed by atoms with E-state index in [0.29, 0.717) is 11.6 Å². The van der Waals surface area contributed by atoms with E-state index in [1.807, 2.05) is 23.1 Å². The van der Waals surface area contributed by atoms with E-state index >= 15 is 0 Å². The first kappa shape index (κ1) is 17.7. The first-order chi connectivity index (χ1) is 12.2. The second kappa shape index (κ2) is 8.30. The van der Waals surface area contributed by atoms with Crippen LogP contribution in [0.1, 0.15) is 41.6 Å². The highest BCUT2D eigenvalue weighted by Gasteiger charge is 2.28. The van der Waals surface area contributed by atoms with Gasteiger partial charge in [-0.05, 0) is 62.5 Å². The predicted molar refractivity (Wildman–Crippen MR) is 99.3 cm³/mol. The summed E-state index contributed by atoms with van der Waals surface area (Å²) in [4.78, 5) is 28.6. The third kappa shape index (κ3) is 4.48. The van der Waals surface area contributed by atoms with Gasteiger partial charge < -0.3 is 10.2 Å². The topological polar surface area (TPSA) is 52.7 Å². The monoisotopic (exact) mass is 341 g/mol. The minimum Gasteiger partial charge on any atom is -0.355 e. The van der Waals surface area contributed by atoms with Crippen LogP contribution in [0.25, 0.3) is 6.08 Å². The number of piperidine rings is 1. The fraction of sp³-hybridized carbons (Fsp3) is 0.500. The Hall–Kier alpha value is -2.14. The Morgan fingerprint density at radius 3 is 2.48 bits per heavy atom. The van der Waals surface area contributed by atoms with Crippen LogP contribution in [0, 0.1) is 0 Å². The van der Waals surface area contributed by atoms with Crippen molar-refractivity contribution in [2.75, 3.05) is 33.2 Å². The number of amides is 2. The molecule has 3 rings (SSSR count). The molecule has 2 amide bonds.